The number of Topliss-reactive ketones (excluding diaryl/α,β-unsaturated/α-hetero) is 1. The number of ether oxygens (including phenoxy) is 4. The molecule has 1 aromatic heterocycles. The fraction of sp³-hybridized carbons (Fsp3) is 0.553. The number of ketones is 1. The summed E-state index contributed by atoms with van der Waals surface area (Å²) in [7, 11) is 0. The summed E-state index contributed by atoms with van der Waals surface area (Å²) in [6.07, 6.45) is 7.91. The van der Waals surface area contributed by atoms with Crippen LogP contribution in [0.4, 0.5) is 22.4 Å². The maximum absolute atomic E-state index is 13.6. The topological polar surface area (TPSA) is 137 Å². The highest BCUT2D eigenvalue weighted by atomic mass is 16.6. The van der Waals surface area contributed by atoms with Gasteiger partial charge in [-0.1, -0.05) is 37.8 Å². The molecule has 6 bridgehead atoms. The molecule has 1 amide bonds. The predicted molar refractivity (Wildman–Crippen MR) is 193 cm³/mol. The third-order valence-electron chi connectivity index (χ3n) is 8.58. The van der Waals surface area contributed by atoms with E-state index in [1.54, 1.807) is 11.0 Å². The lowest BCUT2D eigenvalue weighted by molar-refractivity contribution is 0.0287. The first-order chi connectivity index (χ1) is 24.1. The monoisotopic (exact) mass is 688 g/mol. The fourth-order valence-electron chi connectivity index (χ4n) is 5.96. The Labute approximate surface area is 295 Å². The van der Waals surface area contributed by atoms with E-state index >= 15 is 0 Å². The first-order valence-electron chi connectivity index (χ1n) is 18.0. The smallest absolute Gasteiger partial charge is 0.410 e. The van der Waals surface area contributed by atoms with Crippen molar-refractivity contribution in [2.45, 2.75) is 97.6 Å². The molecule has 1 saturated heterocycles. The lowest BCUT2D eigenvalue weighted by atomic mass is 9.97. The Kier molecular flexibility index (Phi) is 13.1. The number of carbonyl (C=O) groups is 2. The van der Waals surface area contributed by atoms with Gasteiger partial charge in [0.05, 0.1) is 25.4 Å². The summed E-state index contributed by atoms with van der Waals surface area (Å²) in [5.41, 5.74) is 1.74. The van der Waals surface area contributed by atoms with Gasteiger partial charge in [-0.2, -0.15) is 15.0 Å². The number of anilines is 3. The van der Waals surface area contributed by atoms with Crippen LogP contribution < -0.4 is 24.8 Å². The Morgan fingerprint density at radius 3 is 2.38 bits per heavy atom. The van der Waals surface area contributed by atoms with Crippen LogP contribution in [0.25, 0.3) is 0 Å². The number of carbonyl (C=O) groups excluding carboxylic acids is 2. The Balaban J connectivity index is 1.30. The van der Waals surface area contributed by atoms with E-state index in [0.29, 0.717) is 81.2 Å². The summed E-state index contributed by atoms with van der Waals surface area (Å²) >= 11 is 0. The van der Waals surface area contributed by atoms with Gasteiger partial charge in [0.15, 0.2) is 5.78 Å². The van der Waals surface area contributed by atoms with Crippen molar-refractivity contribution < 1.29 is 28.5 Å². The van der Waals surface area contributed by atoms with E-state index in [2.05, 4.69) is 25.6 Å². The van der Waals surface area contributed by atoms with E-state index in [-0.39, 0.29) is 23.8 Å². The molecule has 12 nitrogen and oxygen atoms in total. The van der Waals surface area contributed by atoms with E-state index in [0.717, 1.165) is 56.3 Å². The molecule has 3 aliphatic heterocycles. The summed E-state index contributed by atoms with van der Waals surface area (Å²) in [5.74, 6) is 2.31. The summed E-state index contributed by atoms with van der Waals surface area (Å²) in [6.45, 7) is 10.8. The van der Waals surface area contributed by atoms with Crippen molar-refractivity contribution in [1.29, 1.82) is 0 Å². The maximum Gasteiger partial charge on any atom is 0.410 e. The highest BCUT2D eigenvalue weighted by Crippen LogP contribution is 2.30. The molecule has 4 heterocycles. The molecule has 12 heteroatoms. The molecule has 270 valence electrons. The van der Waals surface area contributed by atoms with Crippen LogP contribution in [0.3, 0.4) is 0 Å². The number of rotatable bonds is 6. The maximum atomic E-state index is 13.6. The molecule has 3 aromatic rings. The van der Waals surface area contributed by atoms with Crippen molar-refractivity contribution in [1.82, 2.24) is 19.9 Å². The number of likely N-dealkylation sites (tertiary alicyclic amines) is 1. The summed E-state index contributed by atoms with van der Waals surface area (Å²) < 4.78 is 23.4. The molecular formula is C38H52N6O6. The molecule has 1 atom stereocenters. The van der Waals surface area contributed by atoms with Gasteiger partial charge in [0, 0.05) is 37.8 Å². The number of nitrogens with zero attached hydrogens (tertiary/aromatic N) is 4. The van der Waals surface area contributed by atoms with Crippen LogP contribution in [0.15, 0.2) is 42.5 Å². The first-order valence-corrected chi connectivity index (χ1v) is 18.0. The summed E-state index contributed by atoms with van der Waals surface area (Å²) in [5, 5.41) is 6.53. The van der Waals surface area contributed by atoms with E-state index in [4.69, 9.17) is 18.9 Å². The minimum absolute atomic E-state index is 0.0139. The molecular weight excluding hydrogens is 636 g/mol. The van der Waals surface area contributed by atoms with Crippen molar-refractivity contribution in [3.05, 3.63) is 53.6 Å². The van der Waals surface area contributed by atoms with Gasteiger partial charge in [-0.25, -0.2) is 4.79 Å². The quantitative estimate of drug-likeness (QED) is 0.244. The number of amides is 1. The second kappa shape index (κ2) is 17.9. The van der Waals surface area contributed by atoms with Gasteiger partial charge in [-0.15, -0.1) is 0 Å². The van der Waals surface area contributed by atoms with Crippen LogP contribution in [-0.4, -0.2) is 70.2 Å². The first kappa shape index (κ1) is 36.7. The highest BCUT2D eigenvalue weighted by molar-refractivity contribution is 5.99. The molecule has 0 saturated carbocycles. The van der Waals surface area contributed by atoms with E-state index in [1.807, 2.05) is 64.1 Å². The minimum atomic E-state index is -0.536. The number of fused-ring (bicyclic) bond motifs is 12. The van der Waals surface area contributed by atoms with Crippen LogP contribution in [0.1, 0.15) is 101 Å². The Morgan fingerprint density at radius 1 is 0.920 bits per heavy atom. The minimum Gasteiger partial charge on any atom is -0.494 e. The van der Waals surface area contributed by atoms with Crippen LogP contribution in [0.2, 0.25) is 0 Å². The van der Waals surface area contributed by atoms with Crippen LogP contribution >= 0.6 is 0 Å². The highest BCUT2D eigenvalue weighted by Gasteiger charge is 2.30. The van der Waals surface area contributed by atoms with Crippen molar-refractivity contribution in [3.8, 4) is 17.5 Å². The zero-order chi connectivity index (χ0) is 35.3. The summed E-state index contributed by atoms with van der Waals surface area (Å²) in [6, 6.07) is 13.7. The second-order valence-electron chi connectivity index (χ2n) is 13.9. The van der Waals surface area contributed by atoms with Gasteiger partial charge in [0.25, 0.3) is 0 Å². The second-order valence-corrected chi connectivity index (χ2v) is 13.9. The third kappa shape index (κ3) is 11.5. The van der Waals surface area contributed by atoms with Crippen LogP contribution in [0.5, 0.6) is 17.5 Å². The molecule has 0 radical (unpaired) electrons. The van der Waals surface area contributed by atoms with E-state index in [9.17, 15) is 9.59 Å². The van der Waals surface area contributed by atoms with Crippen LogP contribution in [-0.2, 0) is 11.3 Å². The molecule has 2 aromatic carbocycles. The van der Waals surface area contributed by atoms with Crippen molar-refractivity contribution in [2.24, 2.45) is 5.92 Å². The Bertz CT molecular complexity index is 1560. The van der Waals surface area contributed by atoms with Crippen LogP contribution in [0, 0.1) is 5.92 Å². The van der Waals surface area contributed by atoms with Crippen molar-refractivity contribution in [3.63, 3.8) is 0 Å². The molecule has 50 heavy (non-hydrogen) atoms. The standard InChI is InChI=1S/C38H52N6O6/c1-5-47-36-42-34-39-25-27-12-16-30(17-13-27)48-22-10-8-6-7-9-11-23-49-33-24-29(40-35(41-34)43-36)15-18-31(33)32(45)19-14-28-20-21-44(26-28)37(46)50-38(2,3)4/h12-13,15-18,24,28H,5-11,14,19-23,25-26H2,1-4H3,(H2,39,40,41,42,43). The normalized spacial score (nSPS) is 17.4. The van der Waals surface area contributed by atoms with Crippen molar-refractivity contribution >= 4 is 29.5 Å². The Hall–Kier alpha value is -4.61. The third-order valence-corrected chi connectivity index (χ3v) is 8.58. The Morgan fingerprint density at radius 2 is 1.64 bits per heavy atom. The van der Waals surface area contributed by atoms with Gasteiger partial charge in [0.2, 0.25) is 11.9 Å². The summed E-state index contributed by atoms with van der Waals surface area (Å²) in [4.78, 5) is 41.3. The number of nitrogens with one attached hydrogen (secondary N) is 2. The van der Waals surface area contributed by atoms with Gasteiger partial charge >= 0.3 is 12.1 Å². The zero-order valence-corrected chi connectivity index (χ0v) is 30.0. The molecule has 0 spiro atoms. The van der Waals surface area contributed by atoms with Gasteiger partial charge in [-0.3, -0.25) is 4.79 Å². The van der Waals surface area contributed by atoms with E-state index in [1.165, 1.54) is 0 Å². The molecule has 3 aliphatic rings. The lowest BCUT2D eigenvalue weighted by Crippen LogP contribution is -2.35. The molecule has 2 N–H and O–H groups in total. The molecule has 0 aliphatic carbocycles. The molecule has 1 fully saturated rings. The SMILES string of the molecule is CCOc1nc2nc(n1)Nc1ccc(C(=O)CCC3CCN(C(=O)OC(C)(C)C)C3)c(c1)OCCCCCCCCOc1ccc(cc1)CN2. The average Bonchev–Trinajstić information content (AvgIpc) is 3.56. The number of hydrogen-bond acceptors (Lipinski definition) is 11. The predicted octanol–water partition coefficient (Wildman–Crippen LogP) is 7.96. The van der Waals surface area contributed by atoms with Gasteiger partial charge in [-0.05, 0) is 89.1 Å². The average molecular weight is 689 g/mol. The fourth-order valence-corrected chi connectivity index (χ4v) is 5.96. The number of aromatic nitrogens is 3. The molecule has 1 unspecified atom stereocenters. The lowest BCUT2D eigenvalue weighted by Gasteiger charge is -2.24. The van der Waals surface area contributed by atoms with Crippen molar-refractivity contribution in [2.75, 3.05) is 43.5 Å². The molecule has 6 rings (SSSR count). The number of benzene rings is 2. The largest absolute Gasteiger partial charge is 0.494 e. The van der Waals surface area contributed by atoms with Gasteiger partial charge in [0.1, 0.15) is 17.1 Å². The van der Waals surface area contributed by atoms with E-state index < -0.39 is 5.60 Å². The number of hydrogen-bond donors (Lipinski definition) is 2. The van der Waals surface area contributed by atoms with Gasteiger partial charge < -0.3 is 34.5 Å². The zero-order valence-electron chi connectivity index (χ0n) is 30.0.